The standard InChI is InChI=1S/C11H5BrF2INO2/c12-6-2-9(8(14)3-7(6)13)16-4-5(15)1-10(16)11(17)18/h1-4H,(H,17,18). The van der Waals surface area contributed by atoms with Gasteiger partial charge in [0.2, 0.25) is 0 Å². The fraction of sp³-hybridized carbons (Fsp3) is 0. The Morgan fingerprint density at radius 3 is 2.56 bits per heavy atom. The number of benzene rings is 1. The van der Waals surface area contributed by atoms with Gasteiger partial charge in [-0.15, -0.1) is 0 Å². The molecule has 0 saturated heterocycles. The Morgan fingerprint density at radius 1 is 1.28 bits per heavy atom. The molecule has 7 heteroatoms. The van der Waals surface area contributed by atoms with Crippen LogP contribution in [0.15, 0.2) is 28.9 Å². The molecule has 1 aromatic carbocycles. The summed E-state index contributed by atoms with van der Waals surface area (Å²) < 4.78 is 28.7. The molecule has 3 nitrogen and oxygen atoms in total. The van der Waals surface area contributed by atoms with E-state index >= 15 is 0 Å². The van der Waals surface area contributed by atoms with Crippen LogP contribution in [0.5, 0.6) is 0 Å². The molecule has 0 saturated carbocycles. The van der Waals surface area contributed by atoms with E-state index in [0.29, 0.717) is 9.64 Å². The van der Waals surface area contributed by atoms with E-state index < -0.39 is 17.6 Å². The van der Waals surface area contributed by atoms with Crippen molar-refractivity contribution in [3.63, 3.8) is 0 Å². The molecule has 0 bridgehead atoms. The third-order valence-corrected chi connectivity index (χ3v) is 3.45. The molecule has 0 fully saturated rings. The summed E-state index contributed by atoms with van der Waals surface area (Å²) in [7, 11) is 0. The molecule has 1 N–H and O–H groups in total. The minimum Gasteiger partial charge on any atom is -0.477 e. The average Bonchev–Trinajstić information content (AvgIpc) is 2.65. The molecule has 2 rings (SSSR count). The van der Waals surface area contributed by atoms with E-state index in [9.17, 15) is 13.6 Å². The second kappa shape index (κ2) is 4.96. The Bertz CT molecular complexity index is 642. The average molecular weight is 428 g/mol. The molecule has 0 radical (unpaired) electrons. The smallest absolute Gasteiger partial charge is 0.352 e. The first kappa shape index (κ1) is 13.5. The molecule has 1 aromatic heterocycles. The van der Waals surface area contributed by atoms with Crippen LogP contribution in [-0.2, 0) is 0 Å². The lowest BCUT2D eigenvalue weighted by Gasteiger charge is -2.08. The van der Waals surface area contributed by atoms with Crippen molar-refractivity contribution in [3.8, 4) is 5.69 Å². The van der Waals surface area contributed by atoms with Crippen molar-refractivity contribution in [1.29, 1.82) is 0 Å². The summed E-state index contributed by atoms with van der Waals surface area (Å²) in [5.74, 6) is -2.75. The van der Waals surface area contributed by atoms with Crippen molar-refractivity contribution in [2.24, 2.45) is 0 Å². The number of nitrogens with zero attached hydrogens (tertiary/aromatic N) is 1. The van der Waals surface area contributed by atoms with Crippen molar-refractivity contribution in [2.75, 3.05) is 0 Å². The van der Waals surface area contributed by atoms with Crippen LogP contribution in [0, 0.1) is 15.2 Å². The summed E-state index contributed by atoms with van der Waals surface area (Å²) in [6.07, 6.45) is 1.47. The lowest BCUT2D eigenvalue weighted by molar-refractivity contribution is 0.0688. The Hall–Kier alpha value is -0.960. The van der Waals surface area contributed by atoms with Crippen LogP contribution in [0.4, 0.5) is 8.78 Å². The summed E-state index contributed by atoms with van der Waals surface area (Å²) in [4.78, 5) is 11.0. The number of carbonyl (C=O) groups is 1. The van der Waals surface area contributed by atoms with Gasteiger partial charge in [-0.25, -0.2) is 13.6 Å². The first-order valence-corrected chi connectivity index (χ1v) is 6.53. The molecule has 0 atom stereocenters. The molecular weight excluding hydrogens is 423 g/mol. The Balaban J connectivity index is 2.69. The van der Waals surface area contributed by atoms with Crippen LogP contribution in [0.3, 0.4) is 0 Å². The minimum atomic E-state index is -1.18. The lowest BCUT2D eigenvalue weighted by Crippen LogP contribution is -2.07. The minimum absolute atomic E-state index is 0.0245. The zero-order valence-corrected chi connectivity index (χ0v) is 12.4. The number of aromatic nitrogens is 1. The molecule has 94 valence electrons. The highest BCUT2D eigenvalue weighted by Crippen LogP contribution is 2.25. The number of carboxylic acids is 1. The highest BCUT2D eigenvalue weighted by atomic mass is 127. The van der Waals surface area contributed by atoms with Gasteiger partial charge in [0.25, 0.3) is 0 Å². The van der Waals surface area contributed by atoms with Gasteiger partial charge in [0, 0.05) is 15.8 Å². The summed E-state index contributed by atoms with van der Waals surface area (Å²) >= 11 is 4.86. The van der Waals surface area contributed by atoms with Crippen LogP contribution in [0.25, 0.3) is 5.69 Å². The van der Waals surface area contributed by atoms with Gasteiger partial charge >= 0.3 is 5.97 Å². The van der Waals surface area contributed by atoms with Crippen LogP contribution in [-0.4, -0.2) is 15.6 Å². The summed E-state index contributed by atoms with van der Waals surface area (Å²) in [5, 5.41) is 9.02. The SMILES string of the molecule is O=C(O)c1cc(I)cn1-c1cc(Br)c(F)cc1F. The highest BCUT2D eigenvalue weighted by Gasteiger charge is 2.17. The molecule has 0 aliphatic rings. The Labute approximate surface area is 123 Å². The fourth-order valence-corrected chi connectivity index (χ4v) is 2.40. The van der Waals surface area contributed by atoms with Gasteiger partial charge in [-0.05, 0) is 50.7 Å². The number of rotatable bonds is 2. The zero-order valence-electron chi connectivity index (χ0n) is 8.62. The predicted octanol–water partition coefficient (Wildman–Crippen LogP) is 3.82. The molecule has 1 heterocycles. The van der Waals surface area contributed by atoms with Crippen molar-refractivity contribution < 1.29 is 18.7 Å². The van der Waals surface area contributed by atoms with E-state index in [1.165, 1.54) is 22.9 Å². The van der Waals surface area contributed by atoms with Gasteiger partial charge in [-0.1, -0.05) is 0 Å². The van der Waals surface area contributed by atoms with E-state index in [1.807, 2.05) is 22.6 Å². The maximum atomic E-state index is 13.7. The molecule has 0 amide bonds. The van der Waals surface area contributed by atoms with Crippen molar-refractivity contribution >= 4 is 44.5 Å². The number of aromatic carboxylic acids is 1. The van der Waals surface area contributed by atoms with Gasteiger partial charge in [0.15, 0.2) is 0 Å². The van der Waals surface area contributed by atoms with Crippen LogP contribution < -0.4 is 0 Å². The molecule has 0 aliphatic carbocycles. The van der Waals surface area contributed by atoms with E-state index in [-0.39, 0.29) is 15.9 Å². The van der Waals surface area contributed by atoms with Gasteiger partial charge in [-0.2, -0.15) is 0 Å². The van der Waals surface area contributed by atoms with Crippen LogP contribution in [0.2, 0.25) is 0 Å². The number of halogens is 4. The van der Waals surface area contributed by atoms with Gasteiger partial charge in [0.1, 0.15) is 17.3 Å². The highest BCUT2D eigenvalue weighted by molar-refractivity contribution is 14.1. The van der Waals surface area contributed by atoms with Crippen molar-refractivity contribution in [1.82, 2.24) is 4.57 Å². The van der Waals surface area contributed by atoms with E-state index in [2.05, 4.69) is 15.9 Å². The molecule has 0 unspecified atom stereocenters. The lowest BCUT2D eigenvalue weighted by atomic mass is 10.3. The van der Waals surface area contributed by atoms with Crippen LogP contribution in [0.1, 0.15) is 10.5 Å². The third-order valence-electron chi connectivity index (χ3n) is 2.25. The van der Waals surface area contributed by atoms with Crippen LogP contribution >= 0.6 is 38.5 Å². The topological polar surface area (TPSA) is 42.2 Å². The first-order chi connectivity index (χ1) is 8.40. The van der Waals surface area contributed by atoms with E-state index in [0.717, 1.165) is 0 Å². The van der Waals surface area contributed by atoms with Gasteiger partial charge in [-0.3, -0.25) is 0 Å². The second-order valence-corrected chi connectivity index (χ2v) is 5.54. The fourth-order valence-electron chi connectivity index (χ4n) is 1.49. The number of hydrogen-bond donors (Lipinski definition) is 1. The normalized spacial score (nSPS) is 10.7. The predicted molar refractivity (Wildman–Crippen MR) is 73.1 cm³/mol. The summed E-state index contributed by atoms with van der Waals surface area (Å²) in [6, 6.07) is 3.31. The first-order valence-electron chi connectivity index (χ1n) is 4.66. The molecule has 18 heavy (non-hydrogen) atoms. The van der Waals surface area contributed by atoms with Gasteiger partial charge in [0.05, 0.1) is 10.2 Å². The Morgan fingerprint density at radius 2 is 1.94 bits per heavy atom. The van der Waals surface area contributed by atoms with E-state index in [1.54, 1.807) is 0 Å². The molecule has 0 aliphatic heterocycles. The molecule has 0 spiro atoms. The van der Waals surface area contributed by atoms with Crippen molar-refractivity contribution in [3.05, 3.63) is 49.8 Å². The summed E-state index contributed by atoms with van der Waals surface area (Å²) in [5.41, 5.74) is -0.111. The third kappa shape index (κ3) is 2.41. The number of hydrogen-bond acceptors (Lipinski definition) is 1. The second-order valence-electron chi connectivity index (χ2n) is 3.44. The maximum absolute atomic E-state index is 13.7. The zero-order chi connectivity index (χ0) is 13.4. The largest absolute Gasteiger partial charge is 0.477 e. The number of carboxylic acid groups (broad SMARTS) is 1. The molecular formula is C11H5BrF2INO2. The van der Waals surface area contributed by atoms with Crippen molar-refractivity contribution in [2.45, 2.75) is 0 Å². The summed E-state index contributed by atoms with van der Waals surface area (Å²) in [6.45, 7) is 0. The van der Waals surface area contributed by atoms with Gasteiger partial charge < -0.3 is 9.67 Å². The maximum Gasteiger partial charge on any atom is 0.352 e. The monoisotopic (exact) mass is 427 g/mol. The Kier molecular flexibility index (Phi) is 3.71. The quantitative estimate of drug-likeness (QED) is 0.584. The molecule has 2 aromatic rings. The van der Waals surface area contributed by atoms with E-state index in [4.69, 9.17) is 5.11 Å².